The molecule has 0 aliphatic carbocycles. The summed E-state index contributed by atoms with van der Waals surface area (Å²) >= 11 is 2.55. The molecule has 0 atom stereocenters. The van der Waals surface area contributed by atoms with Crippen LogP contribution in [0.1, 0.15) is 6.92 Å². The van der Waals surface area contributed by atoms with Gasteiger partial charge in [-0.3, -0.25) is 0 Å². The average molecular weight is 370 g/mol. The fraction of sp³-hybridized carbons (Fsp3) is 0.0556. The topological polar surface area (TPSA) is 128 Å². The highest BCUT2D eigenvalue weighted by Crippen LogP contribution is 2.35. The van der Waals surface area contributed by atoms with Gasteiger partial charge < -0.3 is 22.9 Å². The van der Waals surface area contributed by atoms with Crippen LogP contribution in [-0.2, 0) is 0 Å². The smallest absolute Gasteiger partial charge is 0.102 e. The molecule has 0 bridgehead atoms. The van der Waals surface area contributed by atoms with Gasteiger partial charge in [0.2, 0.25) is 0 Å². The summed E-state index contributed by atoms with van der Waals surface area (Å²) in [6, 6.07) is 16.9. The first kappa shape index (κ1) is 18.6. The second-order valence-corrected chi connectivity index (χ2v) is 7.29. The maximum Gasteiger partial charge on any atom is 0.102 e. The minimum atomic E-state index is 0.327. The lowest BCUT2D eigenvalue weighted by Crippen LogP contribution is -2.05. The molecule has 2 aromatic rings. The van der Waals surface area contributed by atoms with Crippen molar-refractivity contribution >= 4 is 34.9 Å². The Bertz CT molecular complexity index is 881. The largest absolute Gasteiger partial charge is 0.398 e. The molecule has 7 heteroatoms. The van der Waals surface area contributed by atoms with Crippen molar-refractivity contribution in [3.63, 3.8) is 0 Å². The molecule has 0 fully saturated rings. The van der Waals surface area contributed by atoms with Crippen LogP contribution < -0.4 is 22.9 Å². The zero-order valence-corrected chi connectivity index (χ0v) is 15.3. The third-order valence-corrected chi connectivity index (χ3v) is 5.51. The number of allylic oxidation sites excluding steroid dienone is 2. The van der Waals surface area contributed by atoms with Gasteiger partial charge in [0.15, 0.2) is 0 Å². The van der Waals surface area contributed by atoms with E-state index in [1.165, 1.54) is 23.5 Å². The lowest BCUT2D eigenvalue weighted by Gasteiger charge is -2.11. The molecule has 0 aliphatic heterocycles. The number of anilines is 2. The molecule has 2 aromatic carbocycles. The number of nitriles is 1. The quantitative estimate of drug-likeness (QED) is 0.274. The maximum absolute atomic E-state index is 9.53. The van der Waals surface area contributed by atoms with Crippen LogP contribution in [0.4, 0.5) is 11.4 Å². The van der Waals surface area contributed by atoms with E-state index >= 15 is 0 Å². The molecule has 2 rings (SSSR count). The molecule has 0 radical (unpaired) electrons. The molecule has 25 heavy (non-hydrogen) atoms. The van der Waals surface area contributed by atoms with E-state index < -0.39 is 0 Å². The van der Waals surface area contributed by atoms with Crippen molar-refractivity contribution in [1.82, 2.24) is 0 Å². The van der Waals surface area contributed by atoms with Crippen LogP contribution >= 0.6 is 23.5 Å². The second kappa shape index (κ2) is 8.42. The Balaban J connectivity index is 2.33. The van der Waals surface area contributed by atoms with E-state index in [0.717, 1.165) is 9.79 Å². The Morgan fingerprint density at radius 2 is 1.28 bits per heavy atom. The van der Waals surface area contributed by atoms with Gasteiger partial charge in [-0.1, -0.05) is 47.8 Å². The molecule has 0 aromatic heterocycles. The number of nitrogen functional groups attached to an aromatic ring is 2. The van der Waals surface area contributed by atoms with Gasteiger partial charge in [-0.2, -0.15) is 5.26 Å². The molecule has 0 unspecified atom stereocenters. The van der Waals surface area contributed by atoms with Crippen molar-refractivity contribution < 1.29 is 0 Å². The van der Waals surface area contributed by atoms with Crippen molar-refractivity contribution in [1.29, 1.82) is 5.26 Å². The summed E-state index contributed by atoms with van der Waals surface area (Å²) in [4.78, 5) is 1.62. The molecule has 5 nitrogen and oxygen atoms in total. The van der Waals surface area contributed by atoms with Gasteiger partial charge in [-0.25, -0.2) is 0 Å². The van der Waals surface area contributed by atoms with Gasteiger partial charge in [-0.15, -0.1) is 0 Å². The lowest BCUT2D eigenvalue weighted by atomic mass is 10.1. The fourth-order valence-electron chi connectivity index (χ4n) is 1.96. The third-order valence-electron chi connectivity index (χ3n) is 3.38. The van der Waals surface area contributed by atoms with Gasteiger partial charge in [0.1, 0.15) is 6.07 Å². The Morgan fingerprint density at radius 1 is 0.840 bits per heavy atom. The molecule has 0 saturated heterocycles. The molecule has 0 heterocycles. The zero-order chi connectivity index (χ0) is 18.4. The average Bonchev–Trinajstić information content (AvgIpc) is 2.59. The molecular weight excluding hydrogens is 350 g/mol. The Morgan fingerprint density at radius 3 is 1.72 bits per heavy atom. The highest BCUT2D eigenvalue weighted by Gasteiger charge is 2.13. The second-order valence-electron chi connectivity index (χ2n) is 5.12. The van der Waals surface area contributed by atoms with E-state index in [1.807, 2.05) is 36.4 Å². The summed E-state index contributed by atoms with van der Waals surface area (Å²) in [7, 11) is 0. The molecule has 128 valence electrons. The van der Waals surface area contributed by atoms with E-state index in [0.29, 0.717) is 32.6 Å². The molecule has 0 saturated carbocycles. The highest BCUT2D eigenvalue weighted by molar-refractivity contribution is 8.03. The number of nitrogens with zero attached hydrogens (tertiary/aromatic N) is 1. The summed E-state index contributed by atoms with van der Waals surface area (Å²) < 4.78 is 0. The van der Waals surface area contributed by atoms with E-state index in [4.69, 9.17) is 22.9 Å². The van der Waals surface area contributed by atoms with Gasteiger partial charge in [-0.05, 0) is 36.8 Å². The van der Waals surface area contributed by atoms with Crippen LogP contribution in [-0.4, -0.2) is 0 Å². The molecule has 0 spiro atoms. The van der Waals surface area contributed by atoms with Gasteiger partial charge in [0, 0.05) is 21.2 Å². The minimum absolute atomic E-state index is 0.327. The highest BCUT2D eigenvalue weighted by atomic mass is 32.2. The number of rotatable bonds is 5. The van der Waals surface area contributed by atoms with E-state index in [1.54, 1.807) is 19.1 Å². The molecular formula is C18H19N5S2. The Kier molecular flexibility index (Phi) is 6.28. The predicted octanol–water partition coefficient (Wildman–Crippen LogP) is 3.62. The predicted molar refractivity (Wildman–Crippen MR) is 107 cm³/mol. The standard InChI is InChI=1S/C18H19N5S2/c1-11(17(22)24-15-8-4-2-6-13(15)20)12(10-19)18(23)25-16-9-5-3-7-14(16)21/h2-9H,20-23H2,1H3. The van der Waals surface area contributed by atoms with Gasteiger partial charge in [0.25, 0.3) is 0 Å². The minimum Gasteiger partial charge on any atom is -0.398 e. The van der Waals surface area contributed by atoms with Crippen molar-refractivity contribution in [2.24, 2.45) is 11.5 Å². The molecule has 8 N–H and O–H groups in total. The summed E-state index contributed by atoms with van der Waals surface area (Å²) in [6.07, 6.45) is 0. The van der Waals surface area contributed by atoms with Gasteiger partial charge >= 0.3 is 0 Å². The summed E-state index contributed by atoms with van der Waals surface area (Å²) in [5.74, 6) is 0. The first-order valence-corrected chi connectivity index (χ1v) is 8.98. The van der Waals surface area contributed by atoms with Crippen molar-refractivity contribution in [3.05, 3.63) is 69.7 Å². The zero-order valence-electron chi connectivity index (χ0n) is 13.7. The van der Waals surface area contributed by atoms with Crippen LogP contribution in [0.2, 0.25) is 0 Å². The van der Waals surface area contributed by atoms with E-state index in [9.17, 15) is 5.26 Å². The van der Waals surface area contributed by atoms with Crippen molar-refractivity contribution in [2.45, 2.75) is 16.7 Å². The van der Waals surface area contributed by atoms with E-state index in [-0.39, 0.29) is 0 Å². The SMILES string of the molecule is CC(=C(N)Sc1ccccc1N)C(C#N)=C(N)Sc1ccccc1N. The monoisotopic (exact) mass is 369 g/mol. The van der Waals surface area contributed by atoms with Crippen molar-refractivity contribution in [2.75, 3.05) is 11.5 Å². The number of para-hydroxylation sites is 2. The first-order valence-electron chi connectivity index (χ1n) is 7.35. The van der Waals surface area contributed by atoms with E-state index in [2.05, 4.69) is 6.07 Å². The van der Waals surface area contributed by atoms with Crippen LogP contribution in [0.5, 0.6) is 0 Å². The van der Waals surface area contributed by atoms with Crippen LogP contribution in [0.15, 0.2) is 79.5 Å². The summed E-state index contributed by atoms with van der Waals surface area (Å²) in [5.41, 5.74) is 26.3. The lowest BCUT2D eigenvalue weighted by molar-refractivity contribution is 1.30. The molecule has 0 amide bonds. The first-order chi connectivity index (χ1) is 11.9. The Hall–Kier alpha value is -2.69. The maximum atomic E-state index is 9.53. The van der Waals surface area contributed by atoms with Gasteiger partial charge in [0.05, 0.1) is 15.6 Å². The summed E-state index contributed by atoms with van der Waals surface area (Å²) in [6.45, 7) is 1.77. The summed E-state index contributed by atoms with van der Waals surface area (Å²) in [5, 5.41) is 10.3. The molecule has 0 aliphatic rings. The number of nitrogens with two attached hydrogens (primary N) is 4. The Labute approximate surface area is 155 Å². The number of hydrogen-bond donors (Lipinski definition) is 4. The van der Waals surface area contributed by atoms with Crippen LogP contribution in [0.3, 0.4) is 0 Å². The number of hydrogen-bond acceptors (Lipinski definition) is 7. The normalized spacial score (nSPS) is 12.8. The van der Waals surface area contributed by atoms with Crippen LogP contribution in [0.25, 0.3) is 0 Å². The number of thioether (sulfide) groups is 2. The van der Waals surface area contributed by atoms with Crippen molar-refractivity contribution in [3.8, 4) is 6.07 Å². The fourth-order valence-corrected chi connectivity index (χ4v) is 3.65. The number of benzene rings is 2. The third kappa shape index (κ3) is 4.66. The van der Waals surface area contributed by atoms with Crippen LogP contribution in [0, 0.1) is 11.3 Å².